The maximum Gasteiger partial charge on any atom is 0.126 e. The van der Waals surface area contributed by atoms with Gasteiger partial charge in [0, 0.05) is 17.0 Å². The monoisotopic (exact) mass is 240 g/mol. The molecule has 0 aliphatic rings. The smallest absolute Gasteiger partial charge is 0.126 e. The van der Waals surface area contributed by atoms with Crippen LogP contribution >= 0.6 is 11.6 Å². The summed E-state index contributed by atoms with van der Waals surface area (Å²) >= 11 is 5.76. The van der Waals surface area contributed by atoms with E-state index in [9.17, 15) is 9.50 Å². The van der Waals surface area contributed by atoms with Crippen LogP contribution in [0.2, 0.25) is 5.02 Å². The molecule has 4 heteroatoms. The Morgan fingerprint density at radius 2 is 2.19 bits per heavy atom. The molecule has 0 aliphatic carbocycles. The maximum absolute atomic E-state index is 13.4. The van der Waals surface area contributed by atoms with Gasteiger partial charge in [-0.05, 0) is 29.8 Å². The minimum atomic E-state index is -0.785. The summed E-state index contributed by atoms with van der Waals surface area (Å²) in [5.41, 5.74) is 1.01. The van der Waals surface area contributed by atoms with Crippen LogP contribution in [0.4, 0.5) is 4.39 Å². The van der Waals surface area contributed by atoms with E-state index in [4.69, 9.17) is 16.0 Å². The normalized spacial score (nSPS) is 12.7. The van der Waals surface area contributed by atoms with E-state index in [-0.39, 0.29) is 12.2 Å². The third-order valence-corrected chi connectivity index (χ3v) is 2.58. The molecule has 1 atom stereocenters. The SMILES string of the molecule is OC(Cc1cc(Cl)ccc1F)c1ccoc1. The van der Waals surface area contributed by atoms with Gasteiger partial charge in [0.15, 0.2) is 0 Å². The Balaban J connectivity index is 2.17. The third-order valence-electron chi connectivity index (χ3n) is 2.35. The van der Waals surface area contributed by atoms with Crippen LogP contribution in [-0.2, 0) is 6.42 Å². The van der Waals surface area contributed by atoms with Gasteiger partial charge in [-0.1, -0.05) is 11.6 Å². The summed E-state index contributed by atoms with van der Waals surface area (Å²) < 4.78 is 18.2. The van der Waals surface area contributed by atoms with Crippen LogP contribution in [0.1, 0.15) is 17.2 Å². The van der Waals surface area contributed by atoms with Crippen LogP contribution in [0.3, 0.4) is 0 Å². The molecule has 1 unspecified atom stereocenters. The summed E-state index contributed by atoms with van der Waals surface area (Å²) in [6, 6.07) is 5.93. The van der Waals surface area contributed by atoms with Crippen molar-refractivity contribution in [1.29, 1.82) is 0 Å². The van der Waals surface area contributed by atoms with E-state index in [1.807, 2.05) is 0 Å². The second kappa shape index (κ2) is 4.68. The highest BCUT2D eigenvalue weighted by Gasteiger charge is 2.12. The van der Waals surface area contributed by atoms with Crippen LogP contribution in [-0.4, -0.2) is 5.11 Å². The molecular formula is C12H10ClFO2. The molecule has 2 aromatic rings. The molecule has 0 aliphatic heterocycles. The predicted octanol–water partition coefficient (Wildman–Crippen LogP) is 3.35. The summed E-state index contributed by atoms with van der Waals surface area (Å²) in [5, 5.41) is 10.3. The number of aliphatic hydroxyl groups is 1. The van der Waals surface area contributed by atoms with Crippen molar-refractivity contribution in [3.05, 3.63) is 58.8 Å². The highest BCUT2D eigenvalue weighted by atomic mass is 35.5. The van der Waals surface area contributed by atoms with Gasteiger partial charge in [-0.3, -0.25) is 0 Å². The van der Waals surface area contributed by atoms with Gasteiger partial charge in [0.1, 0.15) is 5.82 Å². The number of halogens is 2. The Morgan fingerprint density at radius 1 is 1.38 bits per heavy atom. The first kappa shape index (κ1) is 11.2. The van der Waals surface area contributed by atoms with Crippen molar-refractivity contribution in [2.75, 3.05) is 0 Å². The highest BCUT2D eigenvalue weighted by molar-refractivity contribution is 6.30. The fourth-order valence-electron chi connectivity index (χ4n) is 1.49. The minimum Gasteiger partial charge on any atom is -0.472 e. The number of hydrogen-bond acceptors (Lipinski definition) is 2. The van der Waals surface area contributed by atoms with Crippen LogP contribution in [0, 0.1) is 5.82 Å². The molecule has 0 radical (unpaired) electrons. The van der Waals surface area contributed by atoms with E-state index >= 15 is 0 Å². The quantitative estimate of drug-likeness (QED) is 0.893. The fourth-order valence-corrected chi connectivity index (χ4v) is 1.69. The first-order chi connectivity index (χ1) is 7.66. The maximum atomic E-state index is 13.4. The van der Waals surface area contributed by atoms with Gasteiger partial charge in [-0.15, -0.1) is 0 Å². The number of rotatable bonds is 3. The summed E-state index contributed by atoms with van der Waals surface area (Å²) in [6.45, 7) is 0. The van der Waals surface area contributed by atoms with Gasteiger partial charge in [-0.25, -0.2) is 4.39 Å². The zero-order valence-electron chi connectivity index (χ0n) is 8.36. The van der Waals surface area contributed by atoms with Crippen molar-refractivity contribution in [3.8, 4) is 0 Å². The highest BCUT2D eigenvalue weighted by Crippen LogP contribution is 2.22. The van der Waals surface area contributed by atoms with Gasteiger partial charge in [0.25, 0.3) is 0 Å². The van der Waals surface area contributed by atoms with Crippen molar-refractivity contribution in [2.24, 2.45) is 0 Å². The first-order valence-electron chi connectivity index (χ1n) is 4.81. The van der Waals surface area contributed by atoms with E-state index in [1.54, 1.807) is 6.07 Å². The molecule has 1 N–H and O–H groups in total. The molecule has 0 fully saturated rings. The molecule has 2 rings (SSSR count). The lowest BCUT2D eigenvalue weighted by Gasteiger charge is -2.09. The molecular weight excluding hydrogens is 231 g/mol. The zero-order valence-corrected chi connectivity index (χ0v) is 9.12. The zero-order chi connectivity index (χ0) is 11.5. The average Bonchev–Trinajstić information content (AvgIpc) is 2.76. The molecule has 1 aromatic heterocycles. The van der Waals surface area contributed by atoms with Crippen LogP contribution in [0.15, 0.2) is 41.2 Å². The minimum absolute atomic E-state index is 0.173. The lowest BCUT2D eigenvalue weighted by molar-refractivity contribution is 0.176. The standard InChI is InChI=1S/C12H10ClFO2/c13-10-1-2-11(14)9(5-10)6-12(15)8-3-4-16-7-8/h1-5,7,12,15H,6H2. The van der Waals surface area contributed by atoms with Crippen LogP contribution in [0.25, 0.3) is 0 Å². The molecule has 2 nitrogen and oxygen atoms in total. The van der Waals surface area contributed by atoms with Gasteiger partial charge in [0.05, 0.1) is 18.6 Å². The van der Waals surface area contributed by atoms with Gasteiger partial charge in [-0.2, -0.15) is 0 Å². The molecule has 0 spiro atoms. The van der Waals surface area contributed by atoms with Crippen molar-refractivity contribution >= 4 is 11.6 Å². The van der Waals surface area contributed by atoms with E-state index in [1.165, 1.54) is 30.7 Å². The molecule has 0 amide bonds. The molecule has 0 saturated heterocycles. The molecule has 84 valence electrons. The summed E-state index contributed by atoms with van der Waals surface area (Å²) in [7, 11) is 0. The molecule has 1 aromatic carbocycles. The number of benzene rings is 1. The topological polar surface area (TPSA) is 33.4 Å². The predicted molar refractivity (Wildman–Crippen MR) is 58.8 cm³/mol. The number of hydrogen-bond donors (Lipinski definition) is 1. The van der Waals surface area contributed by atoms with Crippen LogP contribution in [0.5, 0.6) is 0 Å². The van der Waals surface area contributed by atoms with Gasteiger partial charge < -0.3 is 9.52 Å². The van der Waals surface area contributed by atoms with E-state index in [2.05, 4.69) is 0 Å². The Hall–Kier alpha value is -1.32. The first-order valence-corrected chi connectivity index (χ1v) is 5.18. The number of aliphatic hydroxyl groups excluding tert-OH is 1. The third kappa shape index (κ3) is 2.43. The lowest BCUT2D eigenvalue weighted by Crippen LogP contribution is -2.02. The Morgan fingerprint density at radius 3 is 2.88 bits per heavy atom. The van der Waals surface area contributed by atoms with Gasteiger partial charge >= 0.3 is 0 Å². The van der Waals surface area contributed by atoms with E-state index in [0.29, 0.717) is 16.1 Å². The lowest BCUT2D eigenvalue weighted by atomic mass is 10.0. The van der Waals surface area contributed by atoms with Crippen molar-refractivity contribution < 1.29 is 13.9 Å². The van der Waals surface area contributed by atoms with E-state index in [0.717, 1.165) is 0 Å². The number of furan rings is 1. The average molecular weight is 241 g/mol. The summed E-state index contributed by atoms with van der Waals surface area (Å²) in [5.74, 6) is -0.369. The van der Waals surface area contributed by atoms with Crippen LogP contribution < -0.4 is 0 Å². The Kier molecular flexibility index (Phi) is 3.27. The Bertz CT molecular complexity index is 468. The van der Waals surface area contributed by atoms with Crippen molar-refractivity contribution in [2.45, 2.75) is 12.5 Å². The fraction of sp³-hybridized carbons (Fsp3) is 0.167. The molecule has 0 saturated carbocycles. The molecule has 1 heterocycles. The molecule has 0 bridgehead atoms. The van der Waals surface area contributed by atoms with Crippen molar-refractivity contribution in [1.82, 2.24) is 0 Å². The van der Waals surface area contributed by atoms with E-state index < -0.39 is 6.10 Å². The largest absolute Gasteiger partial charge is 0.472 e. The summed E-state index contributed by atoms with van der Waals surface area (Å²) in [6.07, 6.45) is 2.29. The Labute approximate surface area is 97.3 Å². The summed E-state index contributed by atoms with van der Waals surface area (Å²) in [4.78, 5) is 0. The van der Waals surface area contributed by atoms with Crippen molar-refractivity contribution in [3.63, 3.8) is 0 Å². The van der Waals surface area contributed by atoms with Gasteiger partial charge in [0.2, 0.25) is 0 Å². The second-order valence-corrected chi connectivity index (χ2v) is 3.95. The second-order valence-electron chi connectivity index (χ2n) is 3.51. The molecule has 16 heavy (non-hydrogen) atoms.